The summed E-state index contributed by atoms with van der Waals surface area (Å²) in [7, 11) is 0. The van der Waals surface area contributed by atoms with Crippen molar-refractivity contribution in [1.29, 1.82) is 0 Å². The van der Waals surface area contributed by atoms with Crippen molar-refractivity contribution in [3.05, 3.63) is 53.2 Å². The molecule has 0 amide bonds. The highest BCUT2D eigenvalue weighted by molar-refractivity contribution is 5.60. The fraction of sp³-hybridized carbons (Fsp3) is 0.312. The number of alkyl halides is 3. The molecule has 0 radical (unpaired) electrons. The topological polar surface area (TPSA) is 33.1 Å². The van der Waals surface area contributed by atoms with Crippen molar-refractivity contribution in [2.24, 2.45) is 0 Å². The first kappa shape index (κ1) is 15.5. The van der Waals surface area contributed by atoms with Gasteiger partial charge in [-0.25, -0.2) is 4.98 Å². The van der Waals surface area contributed by atoms with Crippen LogP contribution in [0.25, 0.3) is 11.3 Å². The Balaban J connectivity index is 2.54. The van der Waals surface area contributed by atoms with Gasteiger partial charge in [0.15, 0.2) is 5.69 Å². The van der Waals surface area contributed by atoms with Crippen LogP contribution >= 0.6 is 0 Å². The number of rotatable bonds is 3. The lowest BCUT2D eigenvalue weighted by Crippen LogP contribution is -2.15. The summed E-state index contributed by atoms with van der Waals surface area (Å²) in [6.45, 7) is 3.53. The van der Waals surface area contributed by atoms with Crippen LogP contribution in [-0.2, 0) is 6.18 Å². The van der Waals surface area contributed by atoms with Crippen molar-refractivity contribution >= 4 is 0 Å². The monoisotopic (exact) mass is 295 g/mol. The van der Waals surface area contributed by atoms with Crippen LogP contribution in [-0.4, -0.2) is 10.1 Å². The minimum Gasteiger partial charge on any atom is -0.388 e. The van der Waals surface area contributed by atoms with Crippen LogP contribution in [0.4, 0.5) is 13.2 Å². The van der Waals surface area contributed by atoms with Gasteiger partial charge in [-0.05, 0) is 19.4 Å². The molecular weight excluding hydrogens is 279 g/mol. The van der Waals surface area contributed by atoms with E-state index in [1.54, 1.807) is 19.1 Å². The number of hydrogen-bond donors (Lipinski definition) is 1. The fourth-order valence-corrected chi connectivity index (χ4v) is 2.07. The van der Waals surface area contributed by atoms with Gasteiger partial charge in [0.05, 0.1) is 11.8 Å². The molecule has 0 saturated heterocycles. The second-order valence-corrected chi connectivity index (χ2v) is 4.92. The van der Waals surface area contributed by atoms with Gasteiger partial charge in [-0.2, -0.15) is 13.2 Å². The summed E-state index contributed by atoms with van der Waals surface area (Å²) in [6.07, 6.45) is -5.55. The predicted molar refractivity (Wildman–Crippen MR) is 74.7 cm³/mol. The van der Waals surface area contributed by atoms with Gasteiger partial charge in [-0.15, -0.1) is 0 Å². The molecule has 0 spiro atoms. The van der Waals surface area contributed by atoms with Crippen LogP contribution in [0.2, 0.25) is 0 Å². The normalized spacial score (nSPS) is 13.2. The molecule has 0 fully saturated rings. The molecule has 0 aliphatic heterocycles. The molecule has 2 rings (SSSR count). The Labute approximate surface area is 121 Å². The Kier molecular flexibility index (Phi) is 4.32. The van der Waals surface area contributed by atoms with Crippen molar-refractivity contribution in [1.82, 2.24) is 4.98 Å². The molecular formula is C16H16F3NO. The average Bonchev–Trinajstić information content (AvgIpc) is 2.46. The van der Waals surface area contributed by atoms with Crippen molar-refractivity contribution in [2.45, 2.75) is 32.5 Å². The molecule has 0 unspecified atom stereocenters. The summed E-state index contributed by atoms with van der Waals surface area (Å²) < 4.78 is 39.4. The van der Waals surface area contributed by atoms with E-state index in [-0.39, 0.29) is 17.7 Å². The molecule has 0 saturated carbocycles. The second kappa shape index (κ2) is 5.85. The average molecular weight is 295 g/mol. The number of aromatic nitrogens is 1. The molecule has 5 heteroatoms. The zero-order chi connectivity index (χ0) is 15.6. The smallest absolute Gasteiger partial charge is 0.388 e. The van der Waals surface area contributed by atoms with E-state index in [0.29, 0.717) is 5.56 Å². The lowest BCUT2D eigenvalue weighted by Gasteiger charge is -2.16. The first-order chi connectivity index (χ1) is 9.82. The molecule has 2 aromatic rings. The van der Waals surface area contributed by atoms with Crippen LogP contribution in [0.1, 0.15) is 36.3 Å². The van der Waals surface area contributed by atoms with E-state index >= 15 is 0 Å². The molecule has 21 heavy (non-hydrogen) atoms. The Morgan fingerprint density at radius 3 is 2.24 bits per heavy atom. The maximum absolute atomic E-state index is 13.1. The largest absolute Gasteiger partial charge is 0.433 e. The first-order valence-corrected chi connectivity index (χ1v) is 6.66. The van der Waals surface area contributed by atoms with E-state index in [1.807, 2.05) is 19.1 Å². The predicted octanol–water partition coefficient (Wildman–Crippen LogP) is 4.52. The molecule has 2 nitrogen and oxygen atoms in total. The van der Waals surface area contributed by atoms with Crippen molar-refractivity contribution < 1.29 is 18.3 Å². The van der Waals surface area contributed by atoms with Crippen molar-refractivity contribution in [3.8, 4) is 11.3 Å². The highest BCUT2D eigenvalue weighted by atomic mass is 19.4. The van der Waals surface area contributed by atoms with E-state index < -0.39 is 18.0 Å². The first-order valence-electron chi connectivity index (χ1n) is 6.66. The maximum atomic E-state index is 13.1. The molecule has 1 atom stereocenters. The van der Waals surface area contributed by atoms with E-state index in [2.05, 4.69) is 4.98 Å². The number of halogens is 3. The molecule has 1 aromatic heterocycles. The van der Waals surface area contributed by atoms with Gasteiger partial charge in [0.2, 0.25) is 0 Å². The number of aliphatic hydroxyl groups is 1. The van der Waals surface area contributed by atoms with Gasteiger partial charge in [-0.1, -0.05) is 42.8 Å². The second-order valence-electron chi connectivity index (χ2n) is 4.92. The van der Waals surface area contributed by atoms with E-state index in [0.717, 1.165) is 5.56 Å². The van der Waals surface area contributed by atoms with Gasteiger partial charge in [0.25, 0.3) is 0 Å². The quantitative estimate of drug-likeness (QED) is 0.903. The SMILES string of the molecule is CC[C@H](O)c1ccc(-c2ccc(C)cc2)nc1C(F)(F)F. The number of aryl methyl sites for hydroxylation is 1. The molecule has 1 heterocycles. The fourth-order valence-electron chi connectivity index (χ4n) is 2.07. The minimum absolute atomic E-state index is 0.180. The molecule has 0 bridgehead atoms. The van der Waals surface area contributed by atoms with Crippen LogP contribution in [0.15, 0.2) is 36.4 Å². The lowest BCUT2D eigenvalue weighted by atomic mass is 10.0. The van der Waals surface area contributed by atoms with Crippen LogP contribution in [0.3, 0.4) is 0 Å². The van der Waals surface area contributed by atoms with Gasteiger partial charge in [0, 0.05) is 11.1 Å². The number of benzene rings is 1. The third-order valence-corrected chi connectivity index (χ3v) is 3.29. The lowest BCUT2D eigenvalue weighted by molar-refractivity contribution is -0.142. The third-order valence-electron chi connectivity index (χ3n) is 3.29. The zero-order valence-electron chi connectivity index (χ0n) is 11.8. The number of pyridine rings is 1. The van der Waals surface area contributed by atoms with Gasteiger partial charge >= 0.3 is 6.18 Å². The number of nitrogens with zero attached hydrogens (tertiary/aromatic N) is 1. The molecule has 1 aromatic carbocycles. The maximum Gasteiger partial charge on any atom is 0.433 e. The van der Waals surface area contributed by atoms with E-state index in [4.69, 9.17) is 0 Å². The van der Waals surface area contributed by atoms with Gasteiger partial charge in [0.1, 0.15) is 0 Å². The Morgan fingerprint density at radius 2 is 1.71 bits per heavy atom. The molecule has 0 aliphatic rings. The number of aliphatic hydroxyl groups excluding tert-OH is 1. The highest BCUT2D eigenvalue weighted by Gasteiger charge is 2.37. The van der Waals surface area contributed by atoms with E-state index in [9.17, 15) is 18.3 Å². The van der Waals surface area contributed by atoms with Crippen LogP contribution in [0, 0.1) is 6.92 Å². The molecule has 0 aliphatic carbocycles. The minimum atomic E-state index is -4.59. The Bertz CT molecular complexity index is 620. The van der Waals surface area contributed by atoms with Crippen molar-refractivity contribution in [2.75, 3.05) is 0 Å². The van der Waals surface area contributed by atoms with Gasteiger partial charge in [-0.3, -0.25) is 0 Å². The highest BCUT2D eigenvalue weighted by Crippen LogP contribution is 2.35. The third kappa shape index (κ3) is 3.42. The van der Waals surface area contributed by atoms with E-state index in [1.165, 1.54) is 12.1 Å². The molecule has 112 valence electrons. The summed E-state index contributed by atoms with van der Waals surface area (Å²) in [4.78, 5) is 3.73. The standard InChI is InChI=1S/C16H16F3NO/c1-3-14(21)12-8-9-13(20-15(12)16(17,18)19)11-6-4-10(2)5-7-11/h4-9,14,21H,3H2,1-2H3/t14-/m0/s1. The van der Waals surface area contributed by atoms with Gasteiger partial charge < -0.3 is 5.11 Å². The zero-order valence-corrected chi connectivity index (χ0v) is 11.8. The molecule has 1 N–H and O–H groups in total. The summed E-state index contributed by atoms with van der Waals surface area (Å²) in [5.74, 6) is 0. The Hall–Kier alpha value is -1.88. The summed E-state index contributed by atoms with van der Waals surface area (Å²) in [5.41, 5.74) is 0.682. The van der Waals surface area contributed by atoms with Crippen LogP contribution < -0.4 is 0 Å². The van der Waals surface area contributed by atoms with Crippen LogP contribution in [0.5, 0.6) is 0 Å². The Morgan fingerprint density at radius 1 is 1.10 bits per heavy atom. The summed E-state index contributed by atoms with van der Waals surface area (Å²) in [5, 5.41) is 9.73. The summed E-state index contributed by atoms with van der Waals surface area (Å²) >= 11 is 0. The summed E-state index contributed by atoms with van der Waals surface area (Å²) in [6, 6.07) is 9.91. The number of hydrogen-bond acceptors (Lipinski definition) is 2. The van der Waals surface area contributed by atoms with Crippen molar-refractivity contribution in [3.63, 3.8) is 0 Å².